The number of piperidine rings is 1. The van der Waals surface area contributed by atoms with E-state index in [0.717, 1.165) is 0 Å². The van der Waals surface area contributed by atoms with Crippen LogP contribution in [0.3, 0.4) is 0 Å². The Bertz CT molecular complexity index is 262. The van der Waals surface area contributed by atoms with Crippen LogP contribution in [0.4, 0.5) is 0 Å². The molecule has 1 heterocycles. The molecule has 1 aliphatic heterocycles. The Kier molecular flexibility index (Phi) is 2.80. The maximum Gasteiger partial charge on any atom is 0.321 e. The van der Waals surface area contributed by atoms with E-state index in [0.29, 0.717) is 12.8 Å². The Balaban J connectivity index is 2.77. The summed E-state index contributed by atoms with van der Waals surface area (Å²) in [6, 6.07) is -1.51. The molecule has 0 radical (unpaired) electrons. The van der Waals surface area contributed by atoms with Crippen LogP contribution in [-0.2, 0) is 9.59 Å². The monoisotopic (exact) mass is 201 g/mol. The lowest BCUT2D eigenvalue weighted by Gasteiger charge is -2.39. The number of carbonyl (C=O) groups is 2. The van der Waals surface area contributed by atoms with Crippen LogP contribution < -0.4 is 5.32 Å². The SMILES string of the molecule is CC1(C)CCC(C(=O)O)NC1C(=O)O. The molecule has 5 heteroatoms. The topological polar surface area (TPSA) is 86.6 Å². The highest BCUT2D eigenvalue weighted by atomic mass is 16.4. The van der Waals surface area contributed by atoms with Gasteiger partial charge in [0.05, 0.1) is 0 Å². The Morgan fingerprint density at radius 1 is 1.29 bits per heavy atom. The van der Waals surface area contributed by atoms with Crippen molar-refractivity contribution in [3.05, 3.63) is 0 Å². The van der Waals surface area contributed by atoms with E-state index < -0.39 is 29.4 Å². The van der Waals surface area contributed by atoms with Gasteiger partial charge >= 0.3 is 11.9 Å². The molecular formula is C9H15NO4. The van der Waals surface area contributed by atoms with E-state index in [-0.39, 0.29) is 0 Å². The van der Waals surface area contributed by atoms with Gasteiger partial charge < -0.3 is 10.2 Å². The second kappa shape index (κ2) is 3.57. The van der Waals surface area contributed by atoms with Crippen molar-refractivity contribution in [3.8, 4) is 0 Å². The molecule has 1 fully saturated rings. The highest BCUT2D eigenvalue weighted by Crippen LogP contribution is 2.32. The van der Waals surface area contributed by atoms with Gasteiger partial charge in [-0.3, -0.25) is 14.9 Å². The first kappa shape index (κ1) is 11.0. The summed E-state index contributed by atoms with van der Waals surface area (Å²) in [4.78, 5) is 21.6. The van der Waals surface area contributed by atoms with Crippen LogP contribution in [0.25, 0.3) is 0 Å². The number of carboxylic acid groups (broad SMARTS) is 2. The lowest BCUT2D eigenvalue weighted by molar-refractivity contribution is -0.147. The third-order valence-electron chi connectivity index (χ3n) is 2.77. The fourth-order valence-electron chi connectivity index (χ4n) is 1.77. The molecule has 3 N–H and O–H groups in total. The maximum atomic E-state index is 10.9. The molecule has 0 spiro atoms. The average molecular weight is 201 g/mol. The van der Waals surface area contributed by atoms with Crippen LogP contribution in [0.1, 0.15) is 26.7 Å². The molecule has 80 valence electrons. The van der Waals surface area contributed by atoms with Crippen molar-refractivity contribution in [1.29, 1.82) is 0 Å². The predicted molar refractivity (Wildman–Crippen MR) is 49.0 cm³/mol. The second-order valence-electron chi connectivity index (χ2n) is 4.36. The molecule has 0 amide bonds. The van der Waals surface area contributed by atoms with E-state index in [4.69, 9.17) is 10.2 Å². The molecule has 5 nitrogen and oxygen atoms in total. The molecule has 1 saturated heterocycles. The first-order chi connectivity index (χ1) is 6.34. The van der Waals surface area contributed by atoms with E-state index in [9.17, 15) is 9.59 Å². The van der Waals surface area contributed by atoms with Crippen molar-refractivity contribution in [2.75, 3.05) is 0 Å². The van der Waals surface area contributed by atoms with Crippen molar-refractivity contribution >= 4 is 11.9 Å². The van der Waals surface area contributed by atoms with Crippen LogP contribution in [0.15, 0.2) is 0 Å². The summed E-state index contributed by atoms with van der Waals surface area (Å²) in [5.41, 5.74) is -0.391. The zero-order valence-electron chi connectivity index (χ0n) is 8.28. The van der Waals surface area contributed by atoms with Crippen molar-refractivity contribution in [2.24, 2.45) is 5.41 Å². The van der Waals surface area contributed by atoms with Crippen molar-refractivity contribution in [1.82, 2.24) is 5.32 Å². The Hall–Kier alpha value is -1.10. The quantitative estimate of drug-likeness (QED) is 0.598. The molecule has 0 aromatic carbocycles. The summed E-state index contributed by atoms with van der Waals surface area (Å²) < 4.78 is 0. The number of carboxylic acids is 2. The number of hydrogen-bond donors (Lipinski definition) is 3. The van der Waals surface area contributed by atoms with Gasteiger partial charge in [-0.1, -0.05) is 13.8 Å². The first-order valence-electron chi connectivity index (χ1n) is 4.56. The van der Waals surface area contributed by atoms with Crippen LogP contribution in [-0.4, -0.2) is 34.2 Å². The van der Waals surface area contributed by atoms with Gasteiger partial charge in [0.25, 0.3) is 0 Å². The minimum absolute atomic E-state index is 0.391. The summed E-state index contributed by atoms with van der Waals surface area (Å²) >= 11 is 0. The summed E-state index contributed by atoms with van der Waals surface area (Å²) in [6.07, 6.45) is 1.08. The van der Waals surface area contributed by atoms with Crippen LogP contribution >= 0.6 is 0 Å². The molecule has 2 unspecified atom stereocenters. The number of aliphatic carboxylic acids is 2. The van der Waals surface area contributed by atoms with E-state index in [1.807, 2.05) is 13.8 Å². The minimum Gasteiger partial charge on any atom is -0.480 e. The number of rotatable bonds is 2. The summed E-state index contributed by atoms with van der Waals surface area (Å²) in [6.45, 7) is 3.66. The van der Waals surface area contributed by atoms with E-state index >= 15 is 0 Å². The molecule has 0 aromatic rings. The predicted octanol–water partition coefficient (Wildman–Crippen LogP) is 0.302. The average Bonchev–Trinajstić information content (AvgIpc) is 2.02. The third-order valence-corrected chi connectivity index (χ3v) is 2.77. The van der Waals surface area contributed by atoms with Crippen LogP contribution in [0.5, 0.6) is 0 Å². The molecule has 0 aliphatic carbocycles. The smallest absolute Gasteiger partial charge is 0.321 e. The van der Waals surface area contributed by atoms with Gasteiger partial charge in [0, 0.05) is 0 Å². The zero-order chi connectivity index (χ0) is 10.9. The fraction of sp³-hybridized carbons (Fsp3) is 0.778. The summed E-state index contributed by atoms with van der Waals surface area (Å²) in [5, 5.41) is 20.3. The molecule has 2 atom stereocenters. The van der Waals surface area contributed by atoms with Gasteiger partial charge in [0.2, 0.25) is 0 Å². The van der Waals surface area contributed by atoms with E-state index in [1.165, 1.54) is 0 Å². The fourth-order valence-corrected chi connectivity index (χ4v) is 1.77. The molecule has 0 bridgehead atoms. The molecule has 1 rings (SSSR count). The molecule has 1 aliphatic rings. The molecule has 14 heavy (non-hydrogen) atoms. The largest absolute Gasteiger partial charge is 0.480 e. The second-order valence-corrected chi connectivity index (χ2v) is 4.36. The Labute approximate surface area is 82.1 Å². The van der Waals surface area contributed by atoms with Gasteiger partial charge in [0.1, 0.15) is 12.1 Å². The lowest BCUT2D eigenvalue weighted by Crippen LogP contribution is -2.58. The van der Waals surface area contributed by atoms with Crippen LogP contribution in [0.2, 0.25) is 0 Å². The summed E-state index contributed by atoms with van der Waals surface area (Å²) in [5.74, 6) is -1.97. The van der Waals surface area contributed by atoms with E-state index in [2.05, 4.69) is 5.32 Å². The summed E-state index contributed by atoms with van der Waals surface area (Å²) in [7, 11) is 0. The van der Waals surface area contributed by atoms with Gasteiger partial charge in [-0.2, -0.15) is 0 Å². The molecular weight excluding hydrogens is 186 g/mol. The standard InChI is InChI=1S/C9H15NO4/c1-9(2)4-3-5(7(11)12)10-6(9)8(13)14/h5-6,10H,3-4H2,1-2H3,(H,11,12)(H,13,14). The number of nitrogens with one attached hydrogen (secondary N) is 1. The van der Waals surface area contributed by atoms with E-state index in [1.54, 1.807) is 0 Å². The first-order valence-corrected chi connectivity index (χ1v) is 4.56. The zero-order valence-corrected chi connectivity index (χ0v) is 8.28. The van der Waals surface area contributed by atoms with Gasteiger partial charge in [-0.25, -0.2) is 0 Å². The normalized spacial score (nSPS) is 31.0. The molecule has 0 saturated carbocycles. The Morgan fingerprint density at radius 3 is 2.29 bits per heavy atom. The van der Waals surface area contributed by atoms with Crippen molar-refractivity contribution in [3.63, 3.8) is 0 Å². The highest BCUT2D eigenvalue weighted by molar-refractivity contribution is 5.78. The lowest BCUT2D eigenvalue weighted by atomic mass is 9.75. The van der Waals surface area contributed by atoms with Crippen molar-refractivity contribution in [2.45, 2.75) is 38.8 Å². The Morgan fingerprint density at radius 2 is 1.86 bits per heavy atom. The van der Waals surface area contributed by atoms with Crippen LogP contribution in [0, 0.1) is 5.41 Å². The highest BCUT2D eigenvalue weighted by Gasteiger charge is 2.42. The van der Waals surface area contributed by atoms with Gasteiger partial charge in [-0.05, 0) is 18.3 Å². The minimum atomic E-state index is -0.985. The third kappa shape index (κ3) is 2.04. The van der Waals surface area contributed by atoms with Gasteiger partial charge in [0.15, 0.2) is 0 Å². The molecule has 0 aromatic heterocycles. The number of hydrogen-bond acceptors (Lipinski definition) is 3. The maximum absolute atomic E-state index is 10.9. The van der Waals surface area contributed by atoms with Gasteiger partial charge in [-0.15, -0.1) is 0 Å². The van der Waals surface area contributed by atoms with Crippen molar-refractivity contribution < 1.29 is 19.8 Å².